The molecule has 0 aliphatic carbocycles. The van der Waals surface area contributed by atoms with Crippen LogP contribution >= 0.6 is 11.6 Å². The summed E-state index contributed by atoms with van der Waals surface area (Å²) in [7, 11) is 0. The van der Waals surface area contributed by atoms with E-state index in [1.807, 2.05) is 58.0 Å². The molecule has 0 unspecified atom stereocenters. The summed E-state index contributed by atoms with van der Waals surface area (Å²) in [4.78, 5) is 15.8. The first kappa shape index (κ1) is 19.5. The molecule has 24 heavy (non-hydrogen) atoms. The zero-order valence-electron chi connectivity index (χ0n) is 14.4. The second-order valence-corrected chi connectivity index (χ2v) is 4.94. The molecule has 0 spiro atoms. The molecule has 1 N–H and O–H groups in total. The van der Waals surface area contributed by atoms with E-state index in [9.17, 15) is 0 Å². The molecule has 0 atom stereocenters. The van der Waals surface area contributed by atoms with E-state index in [0.717, 1.165) is 16.8 Å². The largest absolute Gasteiger partial charge is 0.324 e. The van der Waals surface area contributed by atoms with Gasteiger partial charge in [0.2, 0.25) is 11.2 Å². The number of aromatic nitrogens is 4. The van der Waals surface area contributed by atoms with Gasteiger partial charge in [0, 0.05) is 30.5 Å². The van der Waals surface area contributed by atoms with Crippen molar-refractivity contribution in [3.63, 3.8) is 0 Å². The van der Waals surface area contributed by atoms with Crippen LogP contribution in [0.4, 0.5) is 11.6 Å². The smallest absolute Gasteiger partial charge is 0.227 e. The molecule has 2 aromatic heterocycles. The number of para-hydroxylation sites is 1. The molecule has 0 fully saturated rings. The van der Waals surface area contributed by atoms with Crippen molar-refractivity contribution < 1.29 is 0 Å². The van der Waals surface area contributed by atoms with Crippen molar-refractivity contribution >= 4 is 23.2 Å². The minimum atomic E-state index is 0.301. The number of anilines is 2. The van der Waals surface area contributed by atoms with Crippen LogP contribution in [0.15, 0.2) is 55.1 Å². The highest BCUT2D eigenvalue weighted by atomic mass is 35.5. The minimum Gasteiger partial charge on any atom is -0.324 e. The van der Waals surface area contributed by atoms with Crippen molar-refractivity contribution in [3.05, 3.63) is 71.5 Å². The van der Waals surface area contributed by atoms with Gasteiger partial charge in [0.15, 0.2) is 0 Å². The Bertz CT molecular complexity index is 664. The van der Waals surface area contributed by atoms with Crippen LogP contribution < -0.4 is 5.32 Å². The van der Waals surface area contributed by atoms with Gasteiger partial charge < -0.3 is 5.32 Å². The van der Waals surface area contributed by atoms with Crippen LogP contribution in [0.25, 0.3) is 0 Å². The molecule has 0 saturated heterocycles. The third-order valence-corrected chi connectivity index (χ3v) is 2.76. The molecular formula is C18H22ClN5. The average Bonchev–Trinajstić information content (AvgIpc) is 2.63. The number of nitrogens with zero attached hydrogens (tertiary/aromatic N) is 4. The van der Waals surface area contributed by atoms with Gasteiger partial charge in [-0.25, -0.2) is 19.9 Å². The van der Waals surface area contributed by atoms with Gasteiger partial charge in [0.1, 0.15) is 0 Å². The summed E-state index contributed by atoms with van der Waals surface area (Å²) in [5, 5.41) is 3.41. The highest BCUT2D eigenvalue weighted by molar-refractivity contribution is 6.28. The quantitative estimate of drug-likeness (QED) is 0.664. The van der Waals surface area contributed by atoms with E-state index in [2.05, 4.69) is 25.3 Å². The first-order valence-corrected chi connectivity index (χ1v) is 8.06. The van der Waals surface area contributed by atoms with Crippen molar-refractivity contribution in [2.45, 2.75) is 27.7 Å². The van der Waals surface area contributed by atoms with E-state index in [1.54, 1.807) is 24.8 Å². The normalized spacial score (nSPS) is 9.04. The Morgan fingerprint density at radius 1 is 0.750 bits per heavy atom. The lowest BCUT2D eigenvalue weighted by Crippen LogP contribution is -1.96. The Morgan fingerprint density at radius 3 is 1.67 bits per heavy atom. The van der Waals surface area contributed by atoms with Crippen LogP contribution in [0.5, 0.6) is 0 Å². The molecule has 3 aromatic rings. The van der Waals surface area contributed by atoms with E-state index in [4.69, 9.17) is 11.6 Å². The minimum absolute atomic E-state index is 0.301. The average molecular weight is 344 g/mol. The van der Waals surface area contributed by atoms with Gasteiger partial charge in [-0.1, -0.05) is 32.0 Å². The van der Waals surface area contributed by atoms with Gasteiger partial charge in [-0.15, -0.1) is 0 Å². The topological polar surface area (TPSA) is 63.6 Å². The summed E-state index contributed by atoms with van der Waals surface area (Å²) in [5.41, 5.74) is 3.08. The summed E-state index contributed by atoms with van der Waals surface area (Å²) in [6, 6.07) is 9.86. The Kier molecular flexibility index (Phi) is 9.01. The lowest BCUT2D eigenvalue weighted by Gasteiger charge is -2.03. The molecule has 5 nitrogen and oxygen atoms in total. The third-order valence-electron chi connectivity index (χ3n) is 2.56. The van der Waals surface area contributed by atoms with Crippen molar-refractivity contribution in [1.82, 2.24) is 19.9 Å². The zero-order chi connectivity index (χ0) is 17.8. The van der Waals surface area contributed by atoms with Gasteiger partial charge >= 0.3 is 0 Å². The fourth-order valence-electron chi connectivity index (χ4n) is 1.48. The van der Waals surface area contributed by atoms with Crippen LogP contribution in [0.2, 0.25) is 5.28 Å². The van der Waals surface area contributed by atoms with Crippen LogP contribution in [-0.2, 0) is 0 Å². The van der Waals surface area contributed by atoms with E-state index >= 15 is 0 Å². The van der Waals surface area contributed by atoms with E-state index in [1.165, 1.54) is 0 Å². The van der Waals surface area contributed by atoms with Gasteiger partial charge in [0.25, 0.3) is 0 Å². The van der Waals surface area contributed by atoms with Gasteiger partial charge in [-0.2, -0.15) is 0 Å². The van der Waals surface area contributed by atoms with Crippen LogP contribution in [-0.4, -0.2) is 19.9 Å². The summed E-state index contributed by atoms with van der Waals surface area (Å²) in [6.45, 7) is 7.88. The molecule has 0 radical (unpaired) electrons. The Morgan fingerprint density at radius 2 is 1.21 bits per heavy atom. The molecule has 0 bridgehead atoms. The molecular weight excluding hydrogens is 322 g/mol. The standard InChI is InChI=1S/C11H11N3.C5H5ClN2.C2H6/c1-9-7-12-11(13-8-9)14-10-5-3-2-4-6-10;1-4-2-7-5(6)8-3-4;1-2/h2-8H,1H3,(H,12,13,14);2-3H,1H3;1-2H3. The summed E-state index contributed by atoms with van der Waals surface area (Å²) in [5.74, 6) is 0.627. The predicted molar refractivity (Wildman–Crippen MR) is 99.6 cm³/mol. The Labute approximate surface area is 148 Å². The number of rotatable bonds is 2. The lowest BCUT2D eigenvalue weighted by atomic mass is 10.3. The first-order valence-electron chi connectivity index (χ1n) is 7.68. The fraction of sp³-hybridized carbons (Fsp3) is 0.222. The van der Waals surface area contributed by atoms with E-state index in [0.29, 0.717) is 11.2 Å². The number of benzene rings is 1. The number of hydrogen-bond acceptors (Lipinski definition) is 5. The number of halogens is 1. The summed E-state index contributed by atoms with van der Waals surface area (Å²) < 4.78 is 0. The van der Waals surface area contributed by atoms with E-state index in [-0.39, 0.29) is 0 Å². The molecule has 2 heterocycles. The molecule has 6 heteroatoms. The number of hydrogen-bond donors (Lipinski definition) is 1. The maximum Gasteiger partial charge on any atom is 0.227 e. The van der Waals surface area contributed by atoms with Gasteiger partial charge in [0.05, 0.1) is 0 Å². The van der Waals surface area contributed by atoms with Crippen LogP contribution in [0, 0.1) is 13.8 Å². The zero-order valence-corrected chi connectivity index (χ0v) is 15.1. The molecule has 3 rings (SSSR count). The van der Waals surface area contributed by atoms with Crippen molar-refractivity contribution in [1.29, 1.82) is 0 Å². The van der Waals surface area contributed by atoms with E-state index < -0.39 is 0 Å². The van der Waals surface area contributed by atoms with Crippen molar-refractivity contribution in [3.8, 4) is 0 Å². The number of aryl methyl sites for hydroxylation is 2. The SMILES string of the molecule is CC.Cc1cnc(Cl)nc1.Cc1cnc(Nc2ccccc2)nc1. The molecule has 0 amide bonds. The molecule has 0 aliphatic rings. The number of nitrogens with one attached hydrogen (secondary N) is 1. The molecule has 0 aliphatic heterocycles. The van der Waals surface area contributed by atoms with Gasteiger partial charge in [-0.05, 0) is 48.7 Å². The maximum atomic E-state index is 5.39. The second-order valence-electron chi connectivity index (χ2n) is 4.60. The van der Waals surface area contributed by atoms with Crippen molar-refractivity contribution in [2.24, 2.45) is 0 Å². The predicted octanol–water partition coefficient (Wildman–Crippen LogP) is 4.99. The highest BCUT2D eigenvalue weighted by Crippen LogP contribution is 2.10. The fourth-order valence-corrected chi connectivity index (χ4v) is 1.58. The van der Waals surface area contributed by atoms with Crippen LogP contribution in [0.3, 0.4) is 0 Å². The van der Waals surface area contributed by atoms with Crippen LogP contribution in [0.1, 0.15) is 25.0 Å². The second kappa shape index (κ2) is 11.1. The first-order chi connectivity index (χ1) is 11.6. The molecule has 0 saturated carbocycles. The van der Waals surface area contributed by atoms with Gasteiger partial charge in [-0.3, -0.25) is 0 Å². The highest BCUT2D eigenvalue weighted by Gasteiger charge is 1.94. The summed E-state index contributed by atoms with van der Waals surface area (Å²) >= 11 is 5.39. The molecule has 1 aromatic carbocycles. The molecule has 126 valence electrons. The third kappa shape index (κ3) is 7.65. The van der Waals surface area contributed by atoms with Crippen molar-refractivity contribution in [2.75, 3.05) is 5.32 Å². The maximum absolute atomic E-state index is 5.39. The Balaban J connectivity index is 0.000000245. The monoisotopic (exact) mass is 343 g/mol. The lowest BCUT2D eigenvalue weighted by molar-refractivity contribution is 1.13. The Hall–Kier alpha value is -2.53. The summed E-state index contributed by atoms with van der Waals surface area (Å²) in [6.07, 6.45) is 6.93.